The average molecular weight is 206 g/mol. The fraction of sp³-hybridized carbons (Fsp3) is 0.500. The number of amides is 1. The van der Waals surface area contributed by atoms with Gasteiger partial charge in [-0.3, -0.25) is 4.79 Å². The summed E-state index contributed by atoms with van der Waals surface area (Å²) in [5, 5.41) is 2.79. The second-order valence-electron chi connectivity index (χ2n) is 4.95. The number of carbonyl (C=O) groups is 1. The van der Waals surface area contributed by atoms with Gasteiger partial charge in [0.25, 0.3) is 0 Å². The summed E-state index contributed by atoms with van der Waals surface area (Å²) in [6, 6.07) is 5.59. The van der Waals surface area contributed by atoms with E-state index in [0.29, 0.717) is 12.2 Å². The summed E-state index contributed by atoms with van der Waals surface area (Å²) in [5.74, 6) is 0.643. The van der Waals surface area contributed by atoms with E-state index in [1.54, 1.807) is 6.07 Å². The Morgan fingerprint density at radius 3 is 2.60 bits per heavy atom. The van der Waals surface area contributed by atoms with Gasteiger partial charge in [0.1, 0.15) is 5.82 Å². The van der Waals surface area contributed by atoms with Crippen LogP contribution in [0.2, 0.25) is 0 Å². The van der Waals surface area contributed by atoms with E-state index in [1.807, 2.05) is 39.8 Å². The van der Waals surface area contributed by atoms with Crippen LogP contribution in [0.5, 0.6) is 0 Å². The van der Waals surface area contributed by atoms with Crippen molar-refractivity contribution in [2.75, 3.05) is 5.32 Å². The van der Waals surface area contributed by atoms with Crippen LogP contribution in [0.4, 0.5) is 5.82 Å². The molecule has 0 atom stereocenters. The van der Waals surface area contributed by atoms with Crippen molar-refractivity contribution in [2.24, 2.45) is 5.41 Å². The summed E-state index contributed by atoms with van der Waals surface area (Å²) < 4.78 is 0. The number of hydrogen-bond acceptors (Lipinski definition) is 2. The van der Waals surface area contributed by atoms with Gasteiger partial charge in [-0.15, -0.1) is 0 Å². The zero-order chi connectivity index (χ0) is 11.5. The van der Waals surface area contributed by atoms with Crippen molar-refractivity contribution in [3.05, 3.63) is 23.9 Å². The van der Waals surface area contributed by atoms with Gasteiger partial charge in [0, 0.05) is 12.1 Å². The van der Waals surface area contributed by atoms with E-state index >= 15 is 0 Å². The number of aryl methyl sites for hydroxylation is 1. The zero-order valence-corrected chi connectivity index (χ0v) is 9.79. The van der Waals surface area contributed by atoms with Crippen LogP contribution in [0, 0.1) is 12.3 Å². The predicted octanol–water partition coefficient (Wildman–Crippen LogP) is 2.76. The van der Waals surface area contributed by atoms with E-state index in [9.17, 15) is 4.79 Å². The third-order valence-electron chi connectivity index (χ3n) is 1.85. The maximum Gasteiger partial charge on any atom is 0.226 e. The van der Waals surface area contributed by atoms with Crippen LogP contribution >= 0.6 is 0 Å². The summed E-state index contributed by atoms with van der Waals surface area (Å²) in [4.78, 5) is 15.8. The molecule has 1 aromatic rings. The molecule has 1 N–H and O–H groups in total. The highest BCUT2D eigenvalue weighted by Crippen LogP contribution is 2.19. The van der Waals surface area contributed by atoms with Gasteiger partial charge >= 0.3 is 0 Å². The topological polar surface area (TPSA) is 42.0 Å². The maximum absolute atomic E-state index is 11.6. The lowest BCUT2D eigenvalue weighted by Crippen LogP contribution is -2.20. The fourth-order valence-electron chi connectivity index (χ4n) is 1.28. The van der Waals surface area contributed by atoms with Gasteiger partial charge in [-0.2, -0.15) is 0 Å². The van der Waals surface area contributed by atoms with Gasteiger partial charge < -0.3 is 5.32 Å². The van der Waals surface area contributed by atoms with Crippen molar-refractivity contribution in [3.63, 3.8) is 0 Å². The minimum absolute atomic E-state index is 0.00785. The zero-order valence-electron chi connectivity index (χ0n) is 9.79. The molecule has 0 fully saturated rings. The number of nitrogens with one attached hydrogen (secondary N) is 1. The minimum atomic E-state index is 0.00785. The third kappa shape index (κ3) is 4.58. The Hall–Kier alpha value is -1.38. The summed E-state index contributed by atoms with van der Waals surface area (Å²) in [6.45, 7) is 8.02. The smallest absolute Gasteiger partial charge is 0.226 e. The number of hydrogen-bond donors (Lipinski definition) is 1. The highest BCUT2D eigenvalue weighted by Gasteiger charge is 2.16. The molecule has 1 rings (SSSR count). The standard InChI is InChI=1S/C12H18N2O/c1-9-6-5-7-10(13-9)14-11(15)8-12(2,3)4/h5-7H,8H2,1-4H3,(H,13,14,15). The lowest BCUT2D eigenvalue weighted by atomic mass is 9.92. The lowest BCUT2D eigenvalue weighted by Gasteiger charge is -2.16. The van der Waals surface area contributed by atoms with Gasteiger partial charge in [0.15, 0.2) is 0 Å². The largest absolute Gasteiger partial charge is 0.311 e. The van der Waals surface area contributed by atoms with E-state index in [4.69, 9.17) is 0 Å². The molecule has 1 aromatic heterocycles. The Morgan fingerprint density at radius 2 is 2.07 bits per heavy atom. The Balaban J connectivity index is 2.59. The van der Waals surface area contributed by atoms with Crippen molar-refractivity contribution in [1.82, 2.24) is 4.98 Å². The van der Waals surface area contributed by atoms with E-state index in [-0.39, 0.29) is 11.3 Å². The molecule has 0 spiro atoms. The number of nitrogens with zero attached hydrogens (tertiary/aromatic N) is 1. The molecule has 0 aromatic carbocycles. The monoisotopic (exact) mass is 206 g/mol. The molecule has 0 radical (unpaired) electrons. The second-order valence-corrected chi connectivity index (χ2v) is 4.95. The highest BCUT2D eigenvalue weighted by atomic mass is 16.1. The fourth-order valence-corrected chi connectivity index (χ4v) is 1.28. The molecule has 15 heavy (non-hydrogen) atoms. The van der Waals surface area contributed by atoms with Crippen LogP contribution in [0.15, 0.2) is 18.2 Å². The maximum atomic E-state index is 11.6. The van der Waals surface area contributed by atoms with Gasteiger partial charge in [0.2, 0.25) is 5.91 Å². The van der Waals surface area contributed by atoms with E-state index in [0.717, 1.165) is 5.69 Å². The molecule has 0 aliphatic heterocycles. The van der Waals surface area contributed by atoms with Gasteiger partial charge in [-0.25, -0.2) is 4.98 Å². The van der Waals surface area contributed by atoms with Crippen LogP contribution < -0.4 is 5.32 Å². The highest BCUT2D eigenvalue weighted by molar-refractivity contribution is 5.90. The van der Waals surface area contributed by atoms with Crippen molar-refractivity contribution < 1.29 is 4.79 Å². The Kier molecular flexibility index (Phi) is 3.45. The van der Waals surface area contributed by atoms with E-state index < -0.39 is 0 Å². The van der Waals surface area contributed by atoms with Crippen LogP contribution in [-0.2, 0) is 4.79 Å². The van der Waals surface area contributed by atoms with Gasteiger partial charge in [-0.1, -0.05) is 26.8 Å². The molecule has 0 bridgehead atoms. The van der Waals surface area contributed by atoms with E-state index in [2.05, 4.69) is 10.3 Å². The molecule has 0 unspecified atom stereocenters. The molecular formula is C12H18N2O. The molecule has 1 amide bonds. The number of anilines is 1. The number of pyridine rings is 1. The Morgan fingerprint density at radius 1 is 1.40 bits per heavy atom. The van der Waals surface area contributed by atoms with Gasteiger partial charge in [0.05, 0.1) is 0 Å². The minimum Gasteiger partial charge on any atom is -0.311 e. The first-order chi connectivity index (χ1) is 6.87. The molecule has 0 aliphatic carbocycles. The summed E-state index contributed by atoms with van der Waals surface area (Å²) in [5.41, 5.74) is 0.914. The molecule has 0 saturated carbocycles. The molecule has 1 heterocycles. The third-order valence-corrected chi connectivity index (χ3v) is 1.85. The van der Waals surface area contributed by atoms with Crippen LogP contribution in [0.3, 0.4) is 0 Å². The average Bonchev–Trinajstić information content (AvgIpc) is 1.99. The Bertz CT molecular complexity index is 353. The van der Waals surface area contributed by atoms with E-state index in [1.165, 1.54) is 0 Å². The van der Waals surface area contributed by atoms with Crippen LogP contribution in [0.1, 0.15) is 32.9 Å². The summed E-state index contributed by atoms with van der Waals surface area (Å²) in [7, 11) is 0. The van der Waals surface area contributed by atoms with Crippen LogP contribution in [0.25, 0.3) is 0 Å². The molecule has 82 valence electrons. The van der Waals surface area contributed by atoms with Gasteiger partial charge in [-0.05, 0) is 24.5 Å². The molecule has 3 nitrogen and oxygen atoms in total. The first kappa shape index (κ1) is 11.7. The van der Waals surface area contributed by atoms with Crippen molar-refractivity contribution in [1.29, 1.82) is 0 Å². The quantitative estimate of drug-likeness (QED) is 0.808. The summed E-state index contributed by atoms with van der Waals surface area (Å²) >= 11 is 0. The predicted molar refractivity (Wildman–Crippen MR) is 61.7 cm³/mol. The molecule has 3 heteroatoms. The van der Waals surface area contributed by atoms with Crippen molar-refractivity contribution >= 4 is 11.7 Å². The van der Waals surface area contributed by atoms with Crippen molar-refractivity contribution in [2.45, 2.75) is 34.1 Å². The first-order valence-electron chi connectivity index (χ1n) is 5.10. The molecule has 0 saturated heterocycles. The molecule has 0 aliphatic rings. The SMILES string of the molecule is Cc1cccc(NC(=O)CC(C)(C)C)n1. The normalized spacial score (nSPS) is 11.2. The second kappa shape index (κ2) is 4.43. The summed E-state index contributed by atoms with van der Waals surface area (Å²) in [6.07, 6.45) is 0.503. The lowest BCUT2D eigenvalue weighted by molar-refractivity contribution is -0.117. The van der Waals surface area contributed by atoms with Crippen LogP contribution in [-0.4, -0.2) is 10.9 Å². The Labute approximate surface area is 90.9 Å². The van der Waals surface area contributed by atoms with Crippen molar-refractivity contribution in [3.8, 4) is 0 Å². The first-order valence-corrected chi connectivity index (χ1v) is 5.10. The number of carbonyl (C=O) groups excluding carboxylic acids is 1. The number of rotatable bonds is 2. The molecular weight excluding hydrogens is 188 g/mol. The number of aromatic nitrogens is 1.